The van der Waals surface area contributed by atoms with Gasteiger partial charge in [-0.2, -0.15) is 4.57 Å². The highest BCUT2D eigenvalue weighted by Gasteiger charge is 2.05. The molecule has 0 radical (unpaired) electrons. The van der Waals surface area contributed by atoms with E-state index in [2.05, 4.69) is 0 Å². The maximum absolute atomic E-state index is 9.09. The number of hydrogen-bond donors (Lipinski definition) is 2. The van der Waals surface area contributed by atoms with Crippen molar-refractivity contribution in [1.29, 1.82) is 0 Å². The molecular weight excluding hydrogens is 222 g/mol. The molecule has 0 fully saturated rings. The Morgan fingerprint density at radius 3 is 2.27 bits per heavy atom. The molecule has 0 aliphatic carbocycles. The number of nitrogens with zero attached hydrogens (tertiary/aromatic N) is 1. The molecule has 0 aliphatic heterocycles. The average Bonchev–Trinajstić information content (AvgIpc) is 2.01. The zero-order valence-electron chi connectivity index (χ0n) is 8.41. The third-order valence-electron chi connectivity index (χ3n) is 1.34. The molecule has 0 saturated carbocycles. The zero-order chi connectivity index (χ0) is 12.1. The van der Waals surface area contributed by atoms with Gasteiger partial charge in [0.15, 0.2) is 6.20 Å². The molecule has 15 heavy (non-hydrogen) atoms. The second kappa shape index (κ2) is 5.52. The van der Waals surface area contributed by atoms with Gasteiger partial charge in [-0.05, 0) is 6.92 Å². The number of aromatic hydroxyl groups is 2. The van der Waals surface area contributed by atoms with E-state index in [4.69, 9.17) is 23.2 Å². The van der Waals surface area contributed by atoms with Gasteiger partial charge in [0.05, 0.1) is 16.2 Å². The molecule has 1 aromatic heterocycles. The highest BCUT2D eigenvalue weighted by Crippen LogP contribution is 2.10. The molecule has 6 nitrogen and oxygen atoms in total. The minimum absolute atomic E-state index is 0.0854. The van der Waals surface area contributed by atoms with Crippen molar-refractivity contribution in [3.8, 4) is 11.6 Å². The first-order chi connectivity index (χ1) is 6.74. The molecule has 0 aromatic carbocycles. The molecule has 0 amide bonds. The molecule has 0 spiro atoms. The third kappa shape index (κ3) is 7.71. The summed E-state index contributed by atoms with van der Waals surface area (Å²) in [7, 11) is -3.92. The fourth-order valence-electron chi connectivity index (χ4n) is 0.773. The van der Waals surface area contributed by atoms with Gasteiger partial charge in [0.2, 0.25) is 0 Å². The summed E-state index contributed by atoms with van der Waals surface area (Å²) in [6.45, 7) is 2.61. The number of rotatable bonds is 1. The van der Waals surface area contributed by atoms with E-state index in [0.29, 0.717) is 12.8 Å². The maximum Gasteiger partial charge on any atom is 0.369 e. The van der Waals surface area contributed by atoms with Crippen molar-refractivity contribution in [2.75, 3.05) is 6.26 Å². The number of hydrogen-bond acceptors (Lipinski definition) is 5. The Labute approximate surface area is 88.2 Å². The second-order valence-electron chi connectivity index (χ2n) is 2.73. The van der Waals surface area contributed by atoms with Crippen LogP contribution in [0.2, 0.25) is 0 Å². The van der Waals surface area contributed by atoms with Gasteiger partial charge in [-0.15, -0.1) is 0 Å². The summed E-state index contributed by atoms with van der Waals surface area (Å²) in [5, 5.41) is 18.0. The summed E-state index contributed by atoms with van der Waals surface area (Å²) < 4.78 is 28.9. The van der Waals surface area contributed by atoms with Crippen LogP contribution in [-0.4, -0.2) is 29.4 Å². The fraction of sp³-hybridized carbons (Fsp3) is 0.375. The van der Waals surface area contributed by atoms with Crippen molar-refractivity contribution >= 4 is 10.1 Å². The van der Waals surface area contributed by atoms with Crippen molar-refractivity contribution in [1.82, 2.24) is 0 Å². The van der Waals surface area contributed by atoms with E-state index in [9.17, 15) is 0 Å². The van der Waals surface area contributed by atoms with Gasteiger partial charge in [-0.25, -0.2) is 8.42 Å². The summed E-state index contributed by atoms with van der Waals surface area (Å²) >= 11 is 0. The van der Waals surface area contributed by atoms with Crippen molar-refractivity contribution in [3.05, 3.63) is 18.3 Å². The number of aryl methyl sites for hydroxylation is 1. The third-order valence-corrected chi connectivity index (χ3v) is 1.34. The van der Waals surface area contributed by atoms with Crippen LogP contribution >= 0.6 is 0 Å². The van der Waals surface area contributed by atoms with Crippen LogP contribution < -0.4 is 4.57 Å². The van der Waals surface area contributed by atoms with Crippen molar-refractivity contribution < 1.29 is 27.8 Å². The van der Waals surface area contributed by atoms with Crippen molar-refractivity contribution in [3.63, 3.8) is 0 Å². The topological polar surface area (TPSA) is 102 Å². The molecule has 1 aromatic rings. The number of aromatic nitrogens is 1. The molecule has 1 heterocycles. The van der Waals surface area contributed by atoms with Gasteiger partial charge in [0.1, 0.15) is 12.3 Å². The molecule has 0 atom stereocenters. The van der Waals surface area contributed by atoms with Gasteiger partial charge in [0, 0.05) is 12.3 Å². The van der Waals surface area contributed by atoms with Crippen LogP contribution in [0, 0.1) is 0 Å². The van der Waals surface area contributed by atoms with E-state index in [1.807, 2.05) is 6.92 Å². The average molecular weight is 235 g/mol. The van der Waals surface area contributed by atoms with Crippen LogP contribution in [0.3, 0.4) is 0 Å². The second-order valence-corrected chi connectivity index (χ2v) is 4.14. The van der Waals surface area contributed by atoms with Crippen LogP contribution in [0.25, 0.3) is 0 Å². The van der Waals surface area contributed by atoms with E-state index < -0.39 is 10.1 Å². The Morgan fingerprint density at radius 1 is 1.47 bits per heavy atom. The van der Waals surface area contributed by atoms with Gasteiger partial charge >= 0.3 is 5.88 Å². The molecule has 0 saturated heterocycles. The normalized spacial score (nSPS) is 10.3. The van der Waals surface area contributed by atoms with Crippen LogP contribution in [0.1, 0.15) is 6.92 Å². The fourth-order valence-corrected chi connectivity index (χ4v) is 0.773. The first-order valence-electron chi connectivity index (χ1n) is 4.06. The van der Waals surface area contributed by atoms with E-state index in [1.165, 1.54) is 12.1 Å². The highest BCUT2D eigenvalue weighted by molar-refractivity contribution is 7.84. The van der Waals surface area contributed by atoms with Crippen molar-refractivity contribution in [2.24, 2.45) is 0 Å². The summed E-state index contributed by atoms with van der Waals surface area (Å²) in [4.78, 5) is 0. The van der Waals surface area contributed by atoms with E-state index in [0.717, 1.165) is 0 Å². The molecule has 0 unspecified atom stereocenters. The summed E-state index contributed by atoms with van der Waals surface area (Å²) in [6.07, 6.45) is 2.23. The van der Waals surface area contributed by atoms with E-state index >= 15 is 0 Å². The quantitative estimate of drug-likeness (QED) is 0.508. The zero-order valence-corrected chi connectivity index (χ0v) is 9.23. The molecule has 86 valence electrons. The Hall–Kier alpha value is -1.34. The lowest BCUT2D eigenvalue weighted by atomic mass is 10.4. The first-order valence-corrected chi connectivity index (χ1v) is 5.88. The molecule has 2 N–H and O–H groups in total. The van der Waals surface area contributed by atoms with Crippen LogP contribution in [0.5, 0.6) is 11.6 Å². The molecule has 7 heteroatoms. The van der Waals surface area contributed by atoms with Crippen molar-refractivity contribution in [2.45, 2.75) is 13.5 Å². The summed E-state index contributed by atoms with van der Waals surface area (Å²) in [5.41, 5.74) is 0. The smallest absolute Gasteiger partial charge is 0.369 e. The Balaban J connectivity index is 0.000000336. The molecular formula is C8H13NO5S. The molecule has 0 aliphatic rings. The van der Waals surface area contributed by atoms with E-state index in [-0.39, 0.29) is 11.6 Å². The minimum atomic E-state index is -3.92. The molecule has 0 bridgehead atoms. The first kappa shape index (κ1) is 13.7. The van der Waals surface area contributed by atoms with Gasteiger partial charge in [0.25, 0.3) is 0 Å². The van der Waals surface area contributed by atoms with Gasteiger partial charge in [-0.3, -0.25) is 0 Å². The minimum Gasteiger partial charge on any atom is -0.748 e. The Bertz CT molecular complexity index is 407. The SMILES string of the molecule is CC[n+]1ccc(O)cc1O.CS(=O)(=O)[O-]. The standard InChI is InChI=1S/C7H9NO2.CH4O3S/c1-2-8-4-3-6(9)5-7(8)10;1-5(2,3)4/h3-5H,2H2,1H3,(H,9,10);1H3,(H,2,3,4). The summed E-state index contributed by atoms with van der Waals surface area (Å²) in [5.74, 6) is 0.171. The van der Waals surface area contributed by atoms with Gasteiger partial charge in [-0.1, -0.05) is 0 Å². The van der Waals surface area contributed by atoms with Crippen LogP contribution in [0.4, 0.5) is 0 Å². The van der Waals surface area contributed by atoms with E-state index in [1.54, 1.807) is 10.8 Å². The summed E-state index contributed by atoms with van der Waals surface area (Å²) in [6, 6.07) is 2.84. The lowest BCUT2D eigenvalue weighted by Gasteiger charge is -1.93. The largest absolute Gasteiger partial charge is 0.748 e. The Morgan fingerprint density at radius 2 is 1.93 bits per heavy atom. The molecule has 1 rings (SSSR count). The maximum atomic E-state index is 9.09. The predicted molar refractivity (Wildman–Crippen MR) is 51.3 cm³/mol. The lowest BCUT2D eigenvalue weighted by Crippen LogP contribution is -2.31. The number of pyridine rings is 1. The van der Waals surface area contributed by atoms with Gasteiger partial charge < -0.3 is 14.8 Å². The Kier molecular flexibility index (Phi) is 5.03. The monoisotopic (exact) mass is 235 g/mol. The van der Waals surface area contributed by atoms with Crippen LogP contribution in [0.15, 0.2) is 18.3 Å². The highest BCUT2D eigenvalue weighted by atomic mass is 32.2. The van der Waals surface area contributed by atoms with Crippen LogP contribution in [-0.2, 0) is 16.7 Å². The lowest BCUT2D eigenvalue weighted by molar-refractivity contribution is -0.699. The predicted octanol–water partition coefficient (Wildman–Crippen LogP) is -0.433.